The second kappa shape index (κ2) is 7.29. The molecule has 7 nitrogen and oxygen atoms in total. The maximum atomic E-state index is 14.4. The Kier molecular flexibility index (Phi) is 4.82. The lowest BCUT2D eigenvalue weighted by Crippen LogP contribution is -2.43. The van der Waals surface area contributed by atoms with Crippen LogP contribution in [-0.4, -0.2) is 39.2 Å². The number of nitrogens with zero attached hydrogens (tertiary/aromatic N) is 3. The molecule has 4 rings (SSSR count). The van der Waals surface area contributed by atoms with Crippen LogP contribution >= 0.6 is 23.2 Å². The Labute approximate surface area is 168 Å². The summed E-state index contributed by atoms with van der Waals surface area (Å²) in [6.45, 7) is 1.22. The van der Waals surface area contributed by atoms with Gasteiger partial charge in [0.2, 0.25) is 0 Å². The zero-order valence-electron chi connectivity index (χ0n) is 14.2. The Hall–Kier alpha value is -2.84. The number of nitrogens with one attached hydrogen (secondary N) is 1. The summed E-state index contributed by atoms with van der Waals surface area (Å²) in [5.74, 6) is -0.781. The fraction of sp³-hybridized carbons (Fsp3) is 0.167. The zero-order chi connectivity index (χ0) is 19.8. The summed E-state index contributed by atoms with van der Waals surface area (Å²) in [6.07, 6.45) is 1.61. The van der Waals surface area contributed by atoms with Gasteiger partial charge in [-0.25, -0.2) is 19.2 Å². The van der Waals surface area contributed by atoms with Crippen molar-refractivity contribution in [3.05, 3.63) is 46.5 Å². The average molecular weight is 423 g/mol. The van der Waals surface area contributed by atoms with Crippen LogP contribution in [0.15, 0.2) is 30.6 Å². The van der Waals surface area contributed by atoms with Crippen molar-refractivity contribution < 1.29 is 19.0 Å². The molecular weight excluding hydrogens is 410 g/mol. The number of phenols is 1. The molecule has 0 radical (unpaired) electrons. The van der Waals surface area contributed by atoms with Gasteiger partial charge in [0.15, 0.2) is 17.3 Å². The highest BCUT2D eigenvalue weighted by molar-refractivity contribution is 6.42. The molecule has 0 bridgehead atoms. The number of ether oxygens (including phenoxy) is 1. The van der Waals surface area contributed by atoms with Crippen LogP contribution in [0.1, 0.15) is 6.42 Å². The molecule has 1 aromatic heterocycles. The van der Waals surface area contributed by atoms with Crippen LogP contribution in [0.3, 0.4) is 0 Å². The standard InChI is InChI=1S/C18H13Cl2FN4O3/c19-10-2-3-11(16(21)15(10)20)24-17-9-6-14(28-18(27)25-4-1-5-25)13(26)7-12(9)22-8-23-17/h2-3,6-8,26H,1,4-5H2,(H,22,23,24). The molecule has 1 aliphatic heterocycles. The Morgan fingerprint density at radius 3 is 2.75 bits per heavy atom. The van der Waals surface area contributed by atoms with E-state index in [2.05, 4.69) is 15.3 Å². The second-order valence-corrected chi connectivity index (χ2v) is 6.90. The molecule has 2 heterocycles. The van der Waals surface area contributed by atoms with Gasteiger partial charge in [0.05, 0.1) is 21.2 Å². The lowest BCUT2D eigenvalue weighted by molar-refractivity contribution is 0.124. The molecule has 10 heteroatoms. The molecule has 1 fully saturated rings. The topological polar surface area (TPSA) is 87.6 Å². The maximum absolute atomic E-state index is 14.4. The molecule has 0 spiro atoms. The molecule has 0 unspecified atom stereocenters. The van der Waals surface area contributed by atoms with Crippen LogP contribution < -0.4 is 10.1 Å². The van der Waals surface area contributed by atoms with Gasteiger partial charge in [-0.2, -0.15) is 0 Å². The summed E-state index contributed by atoms with van der Waals surface area (Å²) in [4.78, 5) is 21.7. The van der Waals surface area contributed by atoms with Crippen LogP contribution in [-0.2, 0) is 0 Å². The molecule has 2 N–H and O–H groups in total. The van der Waals surface area contributed by atoms with E-state index in [0.717, 1.165) is 6.42 Å². The molecule has 3 aromatic rings. The third kappa shape index (κ3) is 3.36. The molecule has 1 amide bonds. The Morgan fingerprint density at radius 2 is 2.04 bits per heavy atom. The average Bonchev–Trinajstić information content (AvgIpc) is 2.62. The zero-order valence-corrected chi connectivity index (χ0v) is 15.8. The van der Waals surface area contributed by atoms with Crippen molar-refractivity contribution in [2.75, 3.05) is 18.4 Å². The fourth-order valence-electron chi connectivity index (χ4n) is 2.66. The normalized spacial score (nSPS) is 13.3. The van der Waals surface area contributed by atoms with Gasteiger partial charge in [-0.1, -0.05) is 23.2 Å². The van der Waals surface area contributed by atoms with Crippen molar-refractivity contribution in [3.63, 3.8) is 0 Å². The molecule has 1 saturated heterocycles. The molecule has 0 atom stereocenters. The van der Waals surface area contributed by atoms with E-state index >= 15 is 0 Å². The van der Waals surface area contributed by atoms with Crippen LogP contribution in [0, 0.1) is 5.82 Å². The van der Waals surface area contributed by atoms with Gasteiger partial charge in [0.1, 0.15) is 12.1 Å². The van der Waals surface area contributed by atoms with Gasteiger partial charge in [0.25, 0.3) is 0 Å². The first-order valence-corrected chi connectivity index (χ1v) is 9.04. The Bertz CT molecular complexity index is 1090. The number of hydrogen-bond acceptors (Lipinski definition) is 6. The van der Waals surface area contributed by atoms with Gasteiger partial charge in [-0.05, 0) is 24.6 Å². The number of fused-ring (bicyclic) bond motifs is 1. The summed E-state index contributed by atoms with van der Waals surface area (Å²) < 4.78 is 19.6. The first-order valence-electron chi connectivity index (χ1n) is 8.29. The SMILES string of the molecule is O=C(Oc1cc2c(Nc3ccc(Cl)c(Cl)c3F)ncnc2cc1O)N1CCC1. The van der Waals surface area contributed by atoms with Crippen molar-refractivity contribution >= 4 is 51.7 Å². The highest BCUT2D eigenvalue weighted by atomic mass is 35.5. The smallest absolute Gasteiger partial charge is 0.415 e. The lowest BCUT2D eigenvalue weighted by Gasteiger charge is -2.29. The van der Waals surface area contributed by atoms with E-state index in [1.165, 1.54) is 35.5 Å². The van der Waals surface area contributed by atoms with Crippen LogP contribution in [0.2, 0.25) is 10.0 Å². The summed E-state index contributed by atoms with van der Waals surface area (Å²) in [7, 11) is 0. The number of phenolic OH excluding ortho intramolecular Hbond substituents is 1. The number of benzene rings is 2. The van der Waals surface area contributed by atoms with Gasteiger partial charge in [0, 0.05) is 24.5 Å². The van der Waals surface area contributed by atoms with Crippen molar-refractivity contribution in [1.82, 2.24) is 14.9 Å². The van der Waals surface area contributed by atoms with Crippen molar-refractivity contribution in [3.8, 4) is 11.5 Å². The Balaban J connectivity index is 1.71. The maximum Gasteiger partial charge on any atom is 0.415 e. The number of rotatable bonds is 3. The number of aromatic nitrogens is 2. The largest absolute Gasteiger partial charge is 0.504 e. The summed E-state index contributed by atoms with van der Waals surface area (Å²) in [5, 5.41) is 13.3. The number of carbonyl (C=O) groups excluding carboxylic acids is 1. The third-order valence-electron chi connectivity index (χ3n) is 4.32. The monoisotopic (exact) mass is 422 g/mol. The van der Waals surface area contributed by atoms with E-state index in [-0.39, 0.29) is 33.0 Å². The minimum atomic E-state index is -0.732. The first kappa shape index (κ1) is 18.5. The molecule has 0 saturated carbocycles. The van der Waals surface area contributed by atoms with E-state index in [1.807, 2.05) is 0 Å². The lowest BCUT2D eigenvalue weighted by atomic mass is 10.2. The molecular formula is C18H13Cl2FN4O3. The molecule has 28 heavy (non-hydrogen) atoms. The summed E-state index contributed by atoms with van der Waals surface area (Å²) in [6, 6.07) is 5.62. The van der Waals surface area contributed by atoms with Crippen LogP contribution in [0.5, 0.6) is 11.5 Å². The Morgan fingerprint density at radius 1 is 1.25 bits per heavy atom. The van der Waals surface area contributed by atoms with Gasteiger partial charge in [-0.3, -0.25) is 0 Å². The molecule has 2 aromatic carbocycles. The summed E-state index contributed by atoms with van der Waals surface area (Å²) in [5.41, 5.74) is 0.431. The van der Waals surface area contributed by atoms with Crippen molar-refractivity contribution in [1.29, 1.82) is 0 Å². The van der Waals surface area contributed by atoms with Gasteiger partial charge < -0.3 is 20.1 Å². The predicted molar refractivity (Wildman–Crippen MR) is 103 cm³/mol. The van der Waals surface area contributed by atoms with Crippen molar-refractivity contribution in [2.45, 2.75) is 6.42 Å². The van der Waals surface area contributed by atoms with Crippen LogP contribution in [0.4, 0.5) is 20.7 Å². The first-order chi connectivity index (χ1) is 13.4. The molecule has 144 valence electrons. The van der Waals surface area contributed by atoms with E-state index in [0.29, 0.717) is 24.0 Å². The number of anilines is 2. The highest BCUT2D eigenvalue weighted by Crippen LogP contribution is 2.36. The van der Waals surface area contributed by atoms with E-state index < -0.39 is 11.9 Å². The second-order valence-electron chi connectivity index (χ2n) is 6.12. The fourth-order valence-corrected chi connectivity index (χ4v) is 2.97. The number of halogens is 3. The molecule has 1 aliphatic rings. The minimum Gasteiger partial charge on any atom is -0.504 e. The summed E-state index contributed by atoms with van der Waals surface area (Å²) >= 11 is 11.7. The number of hydrogen-bond donors (Lipinski definition) is 2. The van der Waals surface area contributed by atoms with E-state index in [4.69, 9.17) is 27.9 Å². The highest BCUT2D eigenvalue weighted by Gasteiger charge is 2.23. The number of aromatic hydroxyl groups is 1. The number of carbonyl (C=O) groups is 1. The van der Waals surface area contributed by atoms with E-state index in [9.17, 15) is 14.3 Å². The molecule has 0 aliphatic carbocycles. The predicted octanol–water partition coefficient (Wildman–Crippen LogP) is 4.73. The number of likely N-dealkylation sites (tertiary alicyclic amines) is 1. The van der Waals surface area contributed by atoms with E-state index in [1.54, 1.807) is 0 Å². The third-order valence-corrected chi connectivity index (χ3v) is 5.10. The van der Waals surface area contributed by atoms with Crippen molar-refractivity contribution in [2.24, 2.45) is 0 Å². The van der Waals surface area contributed by atoms with Crippen LogP contribution in [0.25, 0.3) is 10.9 Å². The quantitative estimate of drug-likeness (QED) is 0.593. The van der Waals surface area contributed by atoms with Gasteiger partial charge in [-0.15, -0.1) is 0 Å². The minimum absolute atomic E-state index is 0.0446. The van der Waals surface area contributed by atoms with Gasteiger partial charge >= 0.3 is 6.09 Å². The number of amides is 1.